The topological polar surface area (TPSA) is 64.4 Å². The van der Waals surface area contributed by atoms with E-state index in [-0.39, 0.29) is 12.5 Å². The van der Waals surface area contributed by atoms with Gasteiger partial charge in [0.05, 0.1) is 24.3 Å². The van der Waals surface area contributed by atoms with Crippen LogP contribution in [0.3, 0.4) is 0 Å². The first kappa shape index (κ1) is 13.6. The second-order valence-corrected chi connectivity index (χ2v) is 4.75. The molecular formula is C13H13BrN2O3. The maximum Gasteiger partial charge on any atom is 0.251 e. The van der Waals surface area contributed by atoms with Crippen LogP contribution in [0.25, 0.3) is 0 Å². The zero-order chi connectivity index (χ0) is 13.8. The van der Waals surface area contributed by atoms with E-state index in [1.807, 2.05) is 0 Å². The summed E-state index contributed by atoms with van der Waals surface area (Å²) in [6.45, 7) is 2.06. The first-order valence-electron chi connectivity index (χ1n) is 5.63. The molecule has 2 aromatic rings. The van der Waals surface area contributed by atoms with E-state index in [0.717, 1.165) is 10.2 Å². The van der Waals surface area contributed by atoms with Crippen molar-refractivity contribution < 1.29 is 13.9 Å². The molecule has 6 heteroatoms. The Morgan fingerprint density at radius 2 is 2.32 bits per heavy atom. The number of hydrogen-bond acceptors (Lipinski definition) is 4. The van der Waals surface area contributed by atoms with E-state index in [1.54, 1.807) is 38.4 Å². The number of ether oxygens (including phenoxy) is 1. The molecule has 0 aliphatic rings. The van der Waals surface area contributed by atoms with Crippen molar-refractivity contribution in [3.63, 3.8) is 0 Å². The Morgan fingerprint density at radius 3 is 2.89 bits per heavy atom. The summed E-state index contributed by atoms with van der Waals surface area (Å²) in [5.41, 5.74) is 0.538. The van der Waals surface area contributed by atoms with Crippen molar-refractivity contribution in [3.05, 3.63) is 46.1 Å². The van der Waals surface area contributed by atoms with E-state index < -0.39 is 0 Å². The van der Waals surface area contributed by atoms with Gasteiger partial charge >= 0.3 is 0 Å². The molecule has 1 N–H and O–H groups in total. The predicted octanol–water partition coefficient (Wildman–Crippen LogP) is 2.68. The molecule has 1 amide bonds. The van der Waals surface area contributed by atoms with E-state index in [2.05, 4.69) is 26.2 Å². The van der Waals surface area contributed by atoms with Gasteiger partial charge in [-0.15, -0.1) is 0 Å². The molecule has 0 atom stereocenters. The Morgan fingerprint density at radius 1 is 1.53 bits per heavy atom. The van der Waals surface area contributed by atoms with Gasteiger partial charge in [-0.25, -0.2) is 4.98 Å². The van der Waals surface area contributed by atoms with Crippen LogP contribution in [0, 0.1) is 6.92 Å². The molecule has 19 heavy (non-hydrogen) atoms. The second-order valence-electron chi connectivity index (χ2n) is 3.90. The van der Waals surface area contributed by atoms with Gasteiger partial charge in [0.25, 0.3) is 5.91 Å². The minimum absolute atomic E-state index is 0.195. The average Bonchev–Trinajstić information content (AvgIpc) is 2.81. The summed E-state index contributed by atoms with van der Waals surface area (Å²) in [5.74, 6) is 1.69. The van der Waals surface area contributed by atoms with Gasteiger partial charge < -0.3 is 14.5 Å². The molecule has 1 aromatic heterocycles. The summed E-state index contributed by atoms with van der Waals surface area (Å²) in [6.07, 6.45) is 1.62. The van der Waals surface area contributed by atoms with Gasteiger partial charge in [0, 0.05) is 5.56 Å². The Bertz CT molecular complexity index is 595. The number of oxazole rings is 1. The summed E-state index contributed by atoms with van der Waals surface area (Å²) in [5, 5.41) is 2.74. The molecule has 1 aromatic carbocycles. The summed E-state index contributed by atoms with van der Waals surface area (Å²) >= 11 is 3.34. The highest BCUT2D eigenvalue weighted by atomic mass is 79.9. The van der Waals surface area contributed by atoms with Crippen LogP contribution in [-0.4, -0.2) is 18.0 Å². The van der Waals surface area contributed by atoms with E-state index in [9.17, 15) is 4.79 Å². The van der Waals surface area contributed by atoms with Crippen molar-refractivity contribution in [2.24, 2.45) is 0 Å². The van der Waals surface area contributed by atoms with Crippen LogP contribution in [0.1, 0.15) is 22.0 Å². The van der Waals surface area contributed by atoms with E-state index >= 15 is 0 Å². The fraction of sp³-hybridized carbons (Fsp3) is 0.231. The first-order chi connectivity index (χ1) is 9.10. The van der Waals surface area contributed by atoms with Gasteiger partial charge in [0.1, 0.15) is 11.5 Å². The number of methoxy groups -OCH3 is 1. The predicted molar refractivity (Wildman–Crippen MR) is 73.1 cm³/mol. The molecule has 100 valence electrons. The van der Waals surface area contributed by atoms with Crippen LogP contribution in [0.5, 0.6) is 5.75 Å². The second kappa shape index (κ2) is 5.88. The first-order valence-corrected chi connectivity index (χ1v) is 6.42. The smallest absolute Gasteiger partial charge is 0.251 e. The number of aromatic nitrogens is 1. The fourth-order valence-electron chi connectivity index (χ4n) is 1.55. The normalized spacial score (nSPS) is 10.3. The molecule has 0 saturated heterocycles. The van der Waals surface area contributed by atoms with Crippen LogP contribution >= 0.6 is 15.9 Å². The third-order valence-electron chi connectivity index (χ3n) is 2.48. The van der Waals surface area contributed by atoms with E-state index in [1.165, 1.54) is 0 Å². The molecule has 0 unspecified atom stereocenters. The number of halogens is 1. The maximum atomic E-state index is 11.9. The number of benzene rings is 1. The molecule has 0 aliphatic carbocycles. The number of amides is 1. The molecule has 0 spiro atoms. The molecule has 0 saturated carbocycles. The SMILES string of the molecule is COc1ccc(C(=O)NCc2ncc(C)o2)cc1Br. The number of hydrogen-bond donors (Lipinski definition) is 1. The van der Waals surface area contributed by atoms with Gasteiger partial charge in [-0.3, -0.25) is 4.79 Å². The molecule has 1 heterocycles. The van der Waals surface area contributed by atoms with Crippen molar-refractivity contribution >= 4 is 21.8 Å². The minimum atomic E-state index is -0.195. The molecule has 0 aliphatic heterocycles. The zero-order valence-corrected chi connectivity index (χ0v) is 12.2. The van der Waals surface area contributed by atoms with Gasteiger partial charge in [-0.2, -0.15) is 0 Å². The van der Waals surface area contributed by atoms with Crippen molar-refractivity contribution in [1.82, 2.24) is 10.3 Å². The lowest BCUT2D eigenvalue weighted by molar-refractivity contribution is 0.0947. The number of carbonyl (C=O) groups excluding carboxylic acids is 1. The largest absolute Gasteiger partial charge is 0.496 e. The number of carbonyl (C=O) groups is 1. The zero-order valence-electron chi connectivity index (χ0n) is 10.6. The number of rotatable bonds is 4. The lowest BCUT2D eigenvalue weighted by atomic mass is 10.2. The van der Waals surface area contributed by atoms with Crippen LogP contribution in [0.15, 0.2) is 33.3 Å². The monoisotopic (exact) mass is 324 g/mol. The Balaban J connectivity index is 2.01. The van der Waals surface area contributed by atoms with Gasteiger partial charge in [0.15, 0.2) is 0 Å². The van der Waals surface area contributed by atoms with Crippen molar-refractivity contribution in [2.45, 2.75) is 13.5 Å². The fourth-order valence-corrected chi connectivity index (χ4v) is 2.09. The Kier molecular flexibility index (Phi) is 4.21. The third-order valence-corrected chi connectivity index (χ3v) is 3.10. The van der Waals surface area contributed by atoms with Gasteiger partial charge in [-0.1, -0.05) is 0 Å². The van der Waals surface area contributed by atoms with Crippen molar-refractivity contribution in [2.75, 3.05) is 7.11 Å². The number of aryl methyl sites for hydroxylation is 1. The van der Waals surface area contributed by atoms with E-state index in [0.29, 0.717) is 17.2 Å². The van der Waals surface area contributed by atoms with Crippen LogP contribution < -0.4 is 10.1 Å². The lowest BCUT2D eigenvalue weighted by Crippen LogP contribution is -2.22. The summed E-state index contributed by atoms with van der Waals surface area (Å²) in [6, 6.07) is 5.13. The summed E-state index contributed by atoms with van der Waals surface area (Å²) < 4.78 is 11.1. The highest BCUT2D eigenvalue weighted by molar-refractivity contribution is 9.10. The van der Waals surface area contributed by atoms with Gasteiger partial charge in [0.2, 0.25) is 5.89 Å². The van der Waals surface area contributed by atoms with Gasteiger partial charge in [-0.05, 0) is 41.1 Å². The maximum absolute atomic E-state index is 11.9. The molecule has 0 bridgehead atoms. The Hall–Kier alpha value is -1.82. The summed E-state index contributed by atoms with van der Waals surface area (Å²) in [4.78, 5) is 16.0. The number of nitrogens with one attached hydrogen (secondary N) is 1. The van der Waals surface area contributed by atoms with Crippen LogP contribution in [0.2, 0.25) is 0 Å². The molecule has 0 fully saturated rings. The molecule has 0 radical (unpaired) electrons. The third kappa shape index (κ3) is 3.35. The highest BCUT2D eigenvalue weighted by Gasteiger charge is 2.10. The summed E-state index contributed by atoms with van der Waals surface area (Å²) in [7, 11) is 1.57. The average molecular weight is 325 g/mol. The molecule has 2 rings (SSSR count). The lowest BCUT2D eigenvalue weighted by Gasteiger charge is -2.06. The van der Waals surface area contributed by atoms with E-state index in [4.69, 9.17) is 9.15 Å². The standard InChI is InChI=1S/C13H13BrN2O3/c1-8-6-15-12(19-8)7-16-13(17)9-3-4-11(18-2)10(14)5-9/h3-6H,7H2,1-2H3,(H,16,17). The van der Waals surface area contributed by atoms with Crippen molar-refractivity contribution in [3.8, 4) is 5.75 Å². The Labute approximate surface area is 119 Å². The quantitative estimate of drug-likeness (QED) is 0.939. The highest BCUT2D eigenvalue weighted by Crippen LogP contribution is 2.25. The number of nitrogens with zero attached hydrogens (tertiary/aromatic N) is 1. The van der Waals surface area contributed by atoms with Crippen LogP contribution in [-0.2, 0) is 6.54 Å². The molecular weight excluding hydrogens is 312 g/mol. The minimum Gasteiger partial charge on any atom is -0.496 e. The van der Waals surface area contributed by atoms with Crippen LogP contribution in [0.4, 0.5) is 0 Å². The molecule has 5 nitrogen and oxygen atoms in total. The van der Waals surface area contributed by atoms with Crippen molar-refractivity contribution in [1.29, 1.82) is 0 Å².